The van der Waals surface area contributed by atoms with Gasteiger partial charge < -0.3 is 14.4 Å². The molecule has 1 aliphatic heterocycles. The van der Waals surface area contributed by atoms with Gasteiger partial charge in [0.15, 0.2) is 0 Å². The van der Waals surface area contributed by atoms with Gasteiger partial charge in [-0.3, -0.25) is 0 Å². The van der Waals surface area contributed by atoms with Gasteiger partial charge in [0, 0.05) is 30.2 Å². The number of ether oxygens (including phenoxy) is 2. The van der Waals surface area contributed by atoms with E-state index in [1.165, 1.54) is 0 Å². The van der Waals surface area contributed by atoms with Crippen LogP contribution in [0.3, 0.4) is 0 Å². The second-order valence-electron chi connectivity index (χ2n) is 4.91. The summed E-state index contributed by atoms with van der Waals surface area (Å²) in [5, 5.41) is 0.824. The quantitative estimate of drug-likeness (QED) is 0.792. The second kappa shape index (κ2) is 6.52. The molecule has 0 saturated carbocycles. The van der Waals surface area contributed by atoms with Crippen molar-refractivity contribution in [3.8, 4) is 5.88 Å². The zero-order valence-corrected chi connectivity index (χ0v) is 13.2. The highest BCUT2D eigenvalue weighted by molar-refractivity contribution is 9.09. The zero-order chi connectivity index (χ0) is 13.8. The highest BCUT2D eigenvalue weighted by Gasteiger charge is 2.22. The molecule has 1 fully saturated rings. The molecule has 0 aliphatic carbocycles. The molecule has 1 aliphatic rings. The fourth-order valence-corrected chi connectivity index (χ4v) is 2.35. The zero-order valence-electron chi connectivity index (χ0n) is 11.6. The van der Waals surface area contributed by atoms with Crippen molar-refractivity contribution >= 4 is 21.9 Å². The fraction of sp³-hybridized carbons (Fsp3) is 0.692. The number of aryl methyl sites for hydroxylation is 1. The van der Waals surface area contributed by atoms with Crippen molar-refractivity contribution in [2.45, 2.75) is 33.0 Å². The van der Waals surface area contributed by atoms with Crippen LogP contribution in [0.2, 0.25) is 0 Å². The van der Waals surface area contributed by atoms with Crippen molar-refractivity contribution < 1.29 is 9.47 Å². The maximum Gasteiger partial charge on any atom is 0.229 e. The average molecular weight is 330 g/mol. The summed E-state index contributed by atoms with van der Waals surface area (Å²) in [6.07, 6.45) is 0.300. The summed E-state index contributed by atoms with van der Waals surface area (Å²) in [4.78, 5) is 11.1. The maximum absolute atomic E-state index is 5.66. The lowest BCUT2D eigenvalue weighted by Crippen LogP contribution is -2.44. The molecule has 1 aromatic heterocycles. The summed E-state index contributed by atoms with van der Waals surface area (Å²) in [5.74, 6) is 1.37. The Labute approximate surface area is 122 Å². The van der Waals surface area contributed by atoms with Gasteiger partial charge in [0.2, 0.25) is 11.8 Å². The first-order valence-corrected chi connectivity index (χ1v) is 7.65. The second-order valence-corrected chi connectivity index (χ2v) is 5.55. The van der Waals surface area contributed by atoms with Crippen LogP contribution in [0.15, 0.2) is 6.07 Å². The molecular weight excluding hydrogens is 310 g/mol. The summed E-state index contributed by atoms with van der Waals surface area (Å²) < 4.78 is 11.3. The van der Waals surface area contributed by atoms with E-state index in [1.54, 1.807) is 0 Å². The van der Waals surface area contributed by atoms with Gasteiger partial charge in [-0.1, -0.05) is 15.9 Å². The van der Waals surface area contributed by atoms with Crippen LogP contribution in [0.25, 0.3) is 0 Å². The van der Waals surface area contributed by atoms with E-state index in [2.05, 4.69) is 30.8 Å². The number of anilines is 1. The molecule has 0 bridgehead atoms. The van der Waals surface area contributed by atoms with E-state index in [1.807, 2.05) is 26.8 Å². The Bertz CT molecular complexity index is 428. The van der Waals surface area contributed by atoms with Crippen molar-refractivity contribution in [2.24, 2.45) is 0 Å². The number of rotatable bonds is 4. The fourth-order valence-electron chi connectivity index (χ4n) is 1.96. The Morgan fingerprint density at radius 1 is 1.53 bits per heavy atom. The molecule has 5 nitrogen and oxygen atoms in total. The molecule has 0 amide bonds. The summed E-state index contributed by atoms with van der Waals surface area (Å²) in [6.45, 7) is 8.26. The van der Waals surface area contributed by atoms with Crippen molar-refractivity contribution in [1.82, 2.24) is 9.97 Å². The van der Waals surface area contributed by atoms with Crippen molar-refractivity contribution in [2.75, 3.05) is 29.9 Å². The third-order valence-electron chi connectivity index (χ3n) is 2.77. The minimum Gasteiger partial charge on any atom is -0.475 e. The van der Waals surface area contributed by atoms with Crippen LogP contribution in [0, 0.1) is 6.92 Å². The number of nitrogens with zero attached hydrogens (tertiary/aromatic N) is 3. The molecular formula is C13H20BrN3O2. The summed E-state index contributed by atoms with van der Waals surface area (Å²) >= 11 is 3.46. The van der Waals surface area contributed by atoms with E-state index in [-0.39, 0.29) is 12.2 Å². The molecule has 2 rings (SSSR count). The Morgan fingerprint density at radius 2 is 2.32 bits per heavy atom. The predicted molar refractivity (Wildman–Crippen MR) is 78.3 cm³/mol. The average Bonchev–Trinajstić information content (AvgIpc) is 2.37. The lowest BCUT2D eigenvalue weighted by molar-refractivity contribution is 0.0564. The van der Waals surface area contributed by atoms with Gasteiger partial charge in [-0.05, 0) is 20.8 Å². The molecule has 6 heteroatoms. The first-order chi connectivity index (χ1) is 9.08. The topological polar surface area (TPSA) is 47.5 Å². The number of hydrogen-bond acceptors (Lipinski definition) is 5. The minimum absolute atomic E-state index is 0.113. The normalized spacial score (nSPS) is 19.8. The molecule has 2 heterocycles. The Morgan fingerprint density at radius 3 is 3.00 bits per heavy atom. The molecule has 1 atom stereocenters. The van der Waals surface area contributed by atoms with E-state index in [0.29, 0.717) is 12.5 Å². The number of alkyl halides is 1. The van der Waals surface area contributed by atoms with E-state index >= 15 is 0 Å². The van der Waals surface area contributed by atoms with Gasteiger partial charge in [-0.15, -0.1) is 0 Å². The largest absolute Gasteiger partial charge is 0.475 e. The first kappa shape index (κ1) is 14.5. The maximum atomic E-state index is 5.66. The predicted octanol–water partition coefficient (Wildman–Crippen LogP) is 2.17. The van der Waals surface area contributed by atoms with Crippen LogP contribution in [0.5, 0.6) is 5.88 Å². The van der Waals surface area contributed by atoms with Gasteiger partial charge in [-0.25, -0.2) is 4.98 Å². The highest BCUT2D eigenvalue weighted by Crippen LogP contribution is 2.19. The Hall–Kier alpha value is -0.880. The van der Waals surface area contributed by atoms with Crippen LogP contribution >= 0.6 is 15.9 Å². The first-order valence-electron chi connectivity index (χ1n) is 6.53. The van der Waals surface area contributed by atoms with Crippen LogP contribution < -0.4 is 9.64 Å². The molecule has 1 aromatic rings. The highest BCUT2D eigenvalue weighted by atomic mass is 79.9. The lowest BCUT2D eigenvalue weighted by Gasteiger charge is -2.32. The molecule has 1 saturated heterocycles. The number of morpholine rings is 1. The van der Waals surface area contributed by atoms with E-state index in [4.69, 9.17) is 9.47 Å². The Balaban J connectivity index is 2.16. The van der Waals surface area contributed by atoms with Crippen LogP contribution in [-0.4, -0.2) is 47.2 Å². The van der Waals surface area contributed by atoms with Gasteiger partial charge in [0.05, 0.1) is 18.8 Å². The third kappa shape index (κ3) is 4.04. The van der Waals surface area contributed by atoms with Gasteiger partial charge in [0.25, 0.3) is 0 Å². The minimum atomic E-state index is 0.113. The monoisotopic (exact) mass is 329 g/mol. The number of hydrogen-bond donors (Lipinski definition) is 0. The molecule has 0 radical (unpaired) electrons. The summed E-state index contributed by atoms with van der Waals surface area (Å²) in [6, 6.07) is 1.87. The smallest absolute Gasteiger partial charge is 0.229 e. The lowest BCUT2D eigenvalue weighted by atomic mass is 10.3. The number of aromatic nitrogens is 2. The Kier molecular flexibility index (Phi) is 4.99. The molecule has 106 valence electrons. The third-order valence-corrected chi connectivity index (χ3v) is 3.49. The van der Waals surface area contributed by atoms with E-state index < -0.39 is 0 Å². The molecule has 0 aromatic carbocycles. The SMILES string of the molecule is Cc1cc(OC(C)C)nc(N2CCOC(CBr)C2)n1. The molecule has 0 spiro atoms. The van der Waals surface area contributed by atoms with Gasteiger partial charge in [-0.2, -0.15) is 4.98 Å². The standard InChI is InChI=1S/C13H20BrN3O2/c1-9(2)19-12-6-10(3)15-13(16-12)17-4-5-18-11(7-14)8-17/h6,9,11H,4-5,7-8H2,1-3H3. The van der Waals surface area contributed by atoms with Crippen LogP contribution in [0.4, 0.5) is 5.95 Å². The summed E-state index contributed by atoms with van der Waals surface area (Å²) in [7, 11) is 0. The van der Waals surface area contributed by atoms with Crippen molar-refractivity contribution in [3.63, 3.8) is 0 Å². The van der Waals surface area contributed by atoms with E-state index in [9.17, 15) is 0 Å². The number of halogens is 1. The molecule has 0 N–H and O–H groups in total. The van der Waals surface area contributed by atoms with Crippen LogP contribution in [0.1, 0.15) is 19.5 Å². The molecule has 1 unspecified atom stereocenters. The van der Waals surface area contributed by atoms with Gasteiger partial charge >= 0.3 is 0 Å². The molecule has 19 heavy (non-hydrogen) atoms. The van der Waals surface area contributed by atoms with Gasteiger partial charge in [0.1, 0.15) is 0 Å². The van der Waals surface area contributed by atoms with Crippen LogP contribution in [-0.2, 0) is 4.74 Å². The van der Waals surface area contributed by atoms with Crippen molar-refractivity contribution in [3.05, 3.63) is 11.8 Å². The summed E-state index contributed by atoms with van der Waals surface area (Å²) in [5.41, 5.74) is 0.919. The van der Waals surface area contributed by atoms with E-state index in [0.717, 1.165) is 30.1 Å². The van der Waals surface area contributed by atoms with Crippen molar-refractivity contribution in [1.29, 1.82) is 0 Å².